The van der Waals surface area contributed by atoms with E-state index in [0.717, 1.165) is 19.6 Å². The zero-order chi connectivity index (χ0) is 14.7. The molecule has 0 amide bonds. The van der Waals surface area contributed by atoms with Gasteiger partial charge < -0.3 is 9.88 Å². The van der Waals surface area contributed by atoms with Crippen molar-refractivity contribution in [3.63, 3.8) is 0 Å². The summed E-state index contributed by atoms with van der Waals surface area (Å²) in [7, 11) is 0. The van der Waals surface area contributed by atoms with Crippen LogP contribution in [0.25, 0.3) is 10.9 Å². The van der Waals surface area contributed by atoms with E-state index in [-0.39, 0.29) is 0 Å². The molecule has 2 nitrogen and oxygen atoms in total. The number of nitrogens with zero attached hydrogens (tertiary/aromatic N) is 1. The molecule has 3 aromatic rings. The minimum absolute atomic E-state index is 0.936. The third-order valence-electron chi connectivity index (χ3n) is 3.60. The number of thiophene rings is 1. The van der Waals surface area contributed by atoms with Crippen molar-refractivity contribution in [3.8, 4) is 0 Å². The van der Waals surface area contributed by atoms with Crippen LogP contribution < -0.4 is 5.32 Å². The van der Waals surface area contributed by atoms with Crippen LogP contribution in [0.3, 0.4) is 0 Å². The van der Waals surface area contributed by atoms with Gasteiger partial charge in [0.05, 0.1) is 10.3 Å². The molecule has 0 atom stereocenters. The zero-order valence-electron chi connectivity index (χ0n) is 12.1. The molecule has 21 heavy (non-hydrogen) atoms. The second-order valence-electron chi connectivity index (χ2n) is 5.18. The summed E-state index contributed by atoms with van der Waals surface area (Å²) in [6.45, 7) is 5.15. The summed E-state index contributed by atoms with van der Waals surface area (Å²) in [5.74, 6) is 0. The number of nitrogens with one attached hydrogen (secondary N) is 1. The molecule has 2 heterocycles. The summed E-state index contributed by atoms with van der Waals surface area (Å²) in [4.78, 5) is 1.37. The van der Waals surface area contributed by atoms with Crippen LogP contribution in [-0.4, -0.2) is 11.1 Å². The van der Waals surface area contributed by atoms with E-state index in [9.17, 15) is 0 Å². The smallest absolute Gasteiger partial charge is 0.0702 e. The maximum atomic E-state index is 3.53. The van der Waals surface area contributed by atoms with Crippen LogP contribution in [0.2, 0.25) is 0 Å². The van der Waals surface area contributed by atoms with E-state index in [2.05, 4.69) is 75.3 Å². The first kappa shape index (κ1) is 14.8. The van der Waals surface area contributed by atoms with Gasteiger partial charge in [-0.2, -0.15) is 0 Å². The SMILES string of the molecule is CCCNCc1cccc2c1ccn2Cc1ccc(Br)s1. The van der Waals surface area contributed by atoms with Crippen LogP contribution in [0, 0.1) is 0 Å². The van der Waals surface area contributed by atoms with Crippen LogP contribution in [0.15, 0.2) is 46.4 Å². The second-order valence-corrected chi connectivity index (χ2v) is 7.72. The minimum Gasteiger partial charge on any atom is -0.342 e. The molecule has 110 valence electrons. The summed E-state index contributed by atoms with van der Waals surface area (Å²) in [5.41, 5.74) is 2.70. The van der Waals surface area contributed by atoms with Gasteiger partial charge in [-0.1, -0.05) is 19.1 Å². The topological polar surface area (TPSA) is 17.0 Å². The van der Waals surface area contributed by atoms with Gasteiger partial charge in [-0.05, 0) is 58.7 Å². The predicted molar refractivity (Wildman–Crippen MR) is 95.1 cm³/mol. The van der Waals surface area contributed by atoms with Gasteiger partial charge in [0.25, 0.3) is 0 Å². The fourth-order valence-corrected chi connectivity index (χ4v) is 4.07. The average Bonchev–Trinajstić information content (AvgIpc) is 3.07. The number of rotatable bonds is 6. The molecule has 0 aliphatic carbocycles. The molecule has 0 saturated heterocycles. The third-order valence-corrected chi connectivity index (χ3v) is 5.21. The van der Waals surface area contributed by atoms with Crippen molar-refractivity contribution < 1.29 is 0 Å². The van der Waals surface area contributed by atoms with E-state index in [1.165, 1.54) is 31.6 Å². The highest BCUT2D eigenvalue weighted by molar-refractivity contribution is 9.11. The number of halogens is 1. The summed E-state index contributed by atoms with van der Waals surface area (Å²) >= 11 is 5.33. The number of benzene rings is 1. The van der Waals surface area contributed by atoms with E-state index in [4.69, 9.17) is 0 Å². The molecular formula is C17H19BrN2S. The Bertz CT molecular complexity index is 729. The monoisotopic (exact) mass is 362 g/mol. The lowest BCUT2D eigenvalue weighted by Gasteiger charge is -2.07. The Balaban J connectivity index is 1.86. The van der Waals surface area contributed by atoms with Gasteiger partial charge in [0.2, 0.25) is 0 Å². The maximum absolute atomic E-state index is 3.53. The van der Waals surface area contributed by atoms with Gasteiger partial charge >= 0.3 is 0 Å². The Labute approximate surface area is 137 Å². The summed E-state index contributed by atoms with van der Waals surface area (Å²) in [6.07, 6.45) is 3.37. The van der Waals surface area contributed by atoms with Gasteiger partial charge in [-0.15, -0.1) is 11.3 Å². The average molecular weight is 363 g/mol. The largest absolute Gasteiger partial charge is 0.342 e. The number of hydrogen-bond acceptors (Lipinski definition) is 2. The highest BCUT2D eigenvalue weighted by Crippen LogP contribution is 2.26. The standard InChI is InChI=1S/C17H19BrN2S/c1-2-9-19-11-13-4-3-5-16-15(13)8-10-20(16)12-14-6-7-17(18)21-14/h3-8,10,19H,2,9,11-12H2,1H3. The predicted octanol–water partition coefficient (Wildman–Crippen LogP) is 5.01. The Morgan fingerprint density at radius 2 is 2.10 bits per heavy atom. The Morgan fingerprint density at radius 3 is 2.86 bits per heavy atom. The quantitative estimate of drug-likeness (QED) is 0.609. The zero-order valence-corrected chi connectivity index (χ0v) is 14.5. The Hall–Kier alpha value is -1.10. The fourth-order valence-electron chi connectivity index (χ4n) is 2.58. The Morgan fingerprint density at radius 1 is 1.19 bits per heavy atom. The number of hydrogen-bond donors (Lipinski definition) is 1. The van der Waals surface area contributed by atoms with Crippen LogP contribution in [0.1, 0.15) is 23.8 Å². The normalized spacial score (nSPS) is 11.3. The van der Waals surface area contributed by atoms with Gasteiger partial charge in [-0.3, -0.25) is 0 Å². The number of aromatic nitrogens is 1. The third kappa shape index (κ3) is 3.39. The van der Waals surface area contributed by atoms with E-state index < -0.39 is 0 Å². The van der Waals surface area contributed by atoms with E-state index in [1.807, 2.05) is 0 Å². The first-order chi connectivity index (χ1) is 10.3. The van der Waals surface area contributed by atoms with E-state index in [1.54, 1.807) is 11.3 Å². The molecule has 0 spiro atoms. The van der Waals surface area contributed by atoms with Crippen molar-refractivity contribution in [2.45, 2.75) is 26.4 Å². The first-order valence-corrected chi connectivity index (χ1v) is 8.90. The molecule has 1 N–H and O–H groups in total. The maximum Gasteiger partial charge on any atom is 0.0702 e. The molecule has 0 bridgehead atoms. The van der Waals surface area contributed by atoms with E-state index >= 15 is 0 Å². The molecule has 0 aliphatic rings. The molecule has 4 heteroatoms. The molecule has 0 saturated carbocycles. The molecule has 0 unspecified atom stereocenters. The highest BCUT2D eigenvalue weighted by atomic mass is 79.9. The molecule has 0 radical (unpaired) electrons. The van der Waals surface area contributed by atoms with Crippen molar-refractivity contribution in [1.82, 2.24) is 9.88 Å². The summed E-state index contributed by atoms with van der Waals surface area (Å²) in [6, 6.07) is 13.1. The second kappa shape index (κ2) is 6.77. The molecule has 0 aliphatic heterocycles. The van der Waals surface area contributed by atoms with Gasteiger partial charge in [0.1, 0.15) is 0 Å². The Kier molecular flexibility index (Phi) is 4.78. The van der Waals surface area contributed by atoms with Crippen LogP contribution in [0.5, 0.6) is 0 Å². The van der Waals surface area contributed by atoms with Gasteiger partial charge in [0.15, 0.2) is 0 Å². The van der Waals surface area contributed by atoms with Crippen molar-refractivity contribution in [3.05, 3.63) is 56.8 Å². The molecule has 1 aromatic carbocycles. The summed E-state index contributed by atoms with van der Waals surface area (Å²) < 4.78 is 3.52. The fraction of sp³-hybridized carbons (Fsp3) is 0.294. The van der Waals surface area contributed by atoms with Crippen LogP contribution in [0.4, 0.5) is 0 Å². The lowest BCUT2D eigenvalue weighted by Crippen LogP contribution is -2.13. The van der Waals surface area contributed by atoms with Gasteiger partial charge in [-0.25, -0.2) is 0 Å². The van der Waals surface area contributed by atoms with Crippen LogP contribution >= 0.6 is 27.3 Å². The molecule has 2 aromatic heterocycles. The molecular weight excluding hydrogens is 344 g/mol. The van der Waals surface area contributed by atoms with Crippen molar-refractivity contribution in [2.75, 3.05) is 6.54 Å². The van der Waals surface area contributed by atoms with E-state index in [0.29, 0.717) is 0 Å². The van der Waals surface area contributed by atoms with Gasteiger partial charge in [0, 0.05) is 28.5 Å². The van der Waals surface area contributed by atoms with Crippen molar-refractivity contribution in [1.29, 1.82) is 0 Å². The minimum atomic E-state index is 0.936. The molecule has 3 rings (SSSR count). The molecule has 0 fully saturated rings. The summed E-state index contributed by atoms with van der Waals surface area (Å²) in [5, 5.41) is 4.85. The van der Waals surface area contributed by atoms with Crippen LogP contribution in [-0.2, 0) is 13.1 Å². The van der Waals surface area contributed by atoms with Crippen molar-refractivity contribution >= 4 is 38.2 Å². The highest BCUT2D eigenvalue weighted by Gasteiger charge is 2.07. The first-order valence-electron chi connectivity index (χ1n) is 7.29. The lowest BCUT2D eigenvalue weighted by molar-refractivity contribution is 0.678. The van der Waals surface area contributed by atoms with Crippen molar-refractivity contribution in [2.24, 2.45) is 0 Å². The number of fused-ring (bicyclic) bond motifs is 1. The lowest BCUT2D eigenvalue weighted by atomic mass is 10.1.